The molecule has 4 aromatic carbocycles. The van der Waals surface area contributed by atoms with Gasteiger partial charge in [0.1, 0.15) is 5.01 Å². The molecule has 44 heavy (non-hydrogen) atoms. The number of thioether (sulfide) groups is 1. The van der Waals surface area contributed by atoms with Gasteiger partial charge in [0.25, 0.3) is 5.91 Å². The topological polar surface area (TPSA) is 93.6 Å². The zero-order chi connectivity index (χ0) is 30.3. The van der Waals surface area contributed by atoms with Crippen molar-refractivity contribution in [2.24, 2.45) is 0 Å². The summed E-state index contributed by atoms with van der Waals surface area (Å²) in [6, 6.07) is 33.6. The van der Waals surface area contributed by atoms with Crippen LogP contribution in [-0.4, -0.2) is 33.1 Å². The van der Waals surface area contributed by atoms with Crippen LogP contribution in [0.15, 0.2) is 107 Å². The SMILES string of the molecule is Cc1nnc(SC[C@@H]2C[C@H](c3ccc(CO)cc3)O[C@H](c3cccc(-c4cccc(CNC(=O)c5ccccc5)c4)c3)O2)s1. The number of ether oxygens (including phenoxy) is 2. The molecule has 0 aliphatic carbocycles. The van der Waals surface area contributed by atoms with E-state index in [1.807, 2.05) is 85.8 Å². The molecule has 0 bridgehead atoms. The van der Waals surface area contributed by atoms with Gasteiger partial charge in [-0.15, -0.1) is 10.2 Å². The Hall–Kier alpha value is -3.86. The van der Waals surface area contributed by atoms with E-state index in [4.69, 9.17) is 9.47 Å². The van der Waals surface area contributed by atoms with E-state index in [0.29, 0.717) is 18.5 Å². The molecule has 1 aliphatic heterocycles. The summed E-state index contributed by atoms with van der Waals surface area (Å²) in [5.74, 6) is 0.634. The number of carbonyl (C=O) groups excluding carboxylic acids is 1. The van der Waals surface area contributed by atoms with E-state index in [9.17, 15) is 9.90 Å². The van der Waals surface area contributed by atoms with E-state index in [1.54, 1.807) is 23.1 Å². The van der Waals surface area contributed by atoms with E-state index in [-0.39, 0.29) is 24.7 Å². The second-order valence-electron chi connectivity index (χ2n) is 10.6. The molecular weight excluding hydrogens is 591 g/mol. The first-order valence-corrected chi connectivity index (χ1v) is 16.3. The lowest BCUT2D eigenvalue weighted by molar-refractivity contribution is -0.245. The maximum Gasteiger partial charge on any atom is 0.251 e. The van der Waals surface area contributed by atoms with Crippen molar-refractivity contribution in [1.29, 1.82) is 0 Å². The Morgan fingerprint density at radius 3 is 2.41 bits per heavy atom. The maximum absolute atomic E-state index is 12.6. The van der Waals surface area contributed by atoms with E-state index in [1.165, 1.54) is 0 Å². The minimum atomic E-state index is -0.554. The highest BCUT2D eigenvalue weighted by molar-refractivity contribution is 8.01. The summed E-state index contributed by atoms with van der Waals surface area (Å²) in [6.45, 7) is 2.39. The first kappa shape index (κ1) is 30.2. The molecule has 9 heteroatoms. The van der Waals surface area contributed by atoms with Crippen molar-refractivity contribution in [3.8, 4) is 11.1 Å². The van der Waals surface area contributed by atoms with Gasteiger partial charge in [-0.25, -0.2) is 0 Å². The van der Waals surface area contributed by atoms with Gasteiger partial charge >= 0.3 is 0 Å². The molecular formula is C35H33N3O4S2. The minimum Gasteiger partial charge on any atom is -0.392 e. The van der Waals surface area contributed by atoms with Crippen molar-refractivity contribution >= 4 is 29.0 Å². The second kappa shape index (κ2) is 14.3. The smallest absolute Gasteiger partial charge is 0.251 e. The molecule has 1 aromatic heterocycles. The lowest BCUT2D eigenvalue weighted by Gasteiger charge is -2.36. The van der Waals surface area contributed by atoms with Crippen LogP contribution in [0.2, 0.25) is 0 Å². The molecule has 0 radical (unpaired) electrons. The molecule has 224 valence electrons. The van der Waals surface area contributed by atoms with Gasteiger partial charge in [0.2, 0.25) is 0 Å². The average Bonchev–Trinajstić information content (AvgIpc) is 3.51. The van der Waals surface area contributed by atoms with Crippen LogP contribution in [0.5, 0.6) is 0 Å². The molecule has 5 aromatic rings. The summed E-state index contributed by atoms with van der Waals surface area (Å²) in [5, 5.41) is 21.9. The minimum absolute atomic E-state index is 0.00542. The van der Waals surface area contributed by atoms with Gasteiger partial charge in [-0.05, 0) is 59.0 Å². The number of aromatic nitrogens is 2. The van der Waals surface area contributed by atoms with Gasteiger partial charge in [0.05, 0.1) is 18.8 Å². The zero-order valence-electron chi connectivity index (χ0n) is 24.3. The van der Waals surface area contributed by atoms with Gasteiger partial charge in [-0.3, -0.25) is 4.79 Å². The maximum atomic E-state index is 12.6. The van der Waals surface area contributed by atoms with Gasteiger partial charge in [-0.1, -0.05) is 102 Å². The molecule has 6 rings (SSSR count). The molecule has 0 unspecified atom stereocenters. The highest BCUT2D eigenvalue weighted by Gasteiger charge is 2.32. The average molecular weight is 624 g/mol. The number of aliphatic hydroxyl groups excluding tert-OH is 1. The van der Waals surface area contributed by atoms with Crippen LogP contribution in [0, 0.1) is 6.92 Å². The Kier molecular flexibility index (Phi) is 9.80. The lowest BCUT2D eigenvalue weighted by Crippen LogP contribution is -2.31. The number of hydrogen-bond acceptors (Lipinski definition) is 8. The predicted octanol–water partition coefficient (Wildman–Crippen LogP) is 7.27. The number of aryl methyl sites for hydroxylation is 1. The number of hydrogen-bond donors (Lipinski definition) is 2. The lowest BCUT2D eigenvalue weighted by atomic mass is 9.99. The summed E-state index contributed by atoms with van der Waals surface area (Å²) in [5.41, 5.74) is 6.59. The highest BCUT2D eigenvalue weighted by atomic mass is 32.2. The number of nitrogens with one attached hydrogen (secondary N) is 1. The molecule has 1 saturated heterocycles. The van der Waals surface area contributed by atoms with Gasteiger partial charge < -0.3 is 19.9 Å². The Bertz CT molecular complexity index is 1690. The summed E-state index contributed by atoms with van der Waals surface area (Å²) in [6.07, 6.45) is -0.0774. The van der Waals surface area contributed by atoms with Crippen LogP contribution in [0.4, 0.5) is 0 Å². The van der Waals surface area contributed by atoms with Crippen molar-refractivity contribution < 1.29 is 19.4 Å². The van der Waals surface area contributed by atoms with E-state index in [0.717, 1.165) is 48.5 Å². The van der Waals surface area contributed by atoms with Crippen LogP contribution in [0.1, 0.15) is 56.4 Å². The van der Waals surface area contributed by atoms with Crippen molar-refractivity contribution in [3.63, 3.8) is 0 Å². The van der Waals surface area contributed by atoms with Crippen molar-refractivity contribution in [3.05, 3.63) is 136 Å². The van der Waals surface area contributed by atoms with Crippen molar-refractivity contribution in [1.82, 2.24) is 15.5 Å². The summed E-state index contributed by atoms with van der Waals surface area (Å²) >= 11 is 3.24. The fourth-order valence-corrected chi connectivity index (χ4v) is 6.98. The number of aliphatic hydroxyl groups is 1. The van der Waals surface area contributed by atoms with Crippen molar-refractivity contribution in [2.45, 2.75) is 49.3 Å². The summed E-state index contributed by atoms with van der Waals surface area (Å²) in [7, 11) is 0. The summed E-state index contributed by atoms with van der Waals surface area (Å²) in [4.78, 5) is 12.6. The molecule has 7 nitrogen and oxygen atoms in total. The largest absolute Gasteiger partial charge is 0.392 e. The van der Waals surface area contributed by atoms with Gasteiger partial charge in [-0.2, -0.15) is 0 Å². The molecule has 3 atom stereocenters. The molecule has 0 saturated carbocycles. The Labute approximate surface area is 265 Å². The molecule has 1 amide bonds. The summed E-state index contributed by atoms with van der Waals surface area (Å²) < 4.78 is 14.0. The first-order chi connectivity index (χ1) is 21.5. The highest BCUT2D eigenvalue weighted by Crippen LogP contribution is 2.40. The Balaban J connectivity index is 1.19. The van der Waals surface area contributed by atoms with Crippen LogP contribution in [-0.2, 0) is 22.6 Å². The fourth-order valence-electron chi connectivity index (χ4n) is 5.12. The molecule has 0 spiro atoms. The fraction of sp³-hybridized carbons (Fsp3) is 0.229. The molecule has 2 heterocycles. The monoisotopic (exact) mass is 623 g/mol. The molecule has 2 N–H and O–H groups in total. The first-order valence-electron chi connectivity index (χ1n) is 14.5. The Morgan fingerprint density at radius 1 is 0.886 bits per heavy atom. The standard InChI is InChI=1S/C35H33N3O4S2/c1-23-37-38-35(44-23)43-22-31-19-32(26-15-13-24(21-39)14-16-26)42-34(41-31)30-12-6-11-29(18-30)28-10-5-7-25(17-28)20-36-33(40)27-8-3-2-4-9-27/h2-18,31-32,34,39H,19-22H2,1H3,(H,36,40)/t31-,32+,34+/m0/s1. The van der Waals surface area contributed by atoms with E-state index in [2.05, 4.69) is 39.8 Å². The van der Waals surface area contributed by atoms with Crippen LogP contribution >= 0.6 is 23.1 Å². The number of benzene rings is 4. The number of rotatable bonds is 10. The predicted molar refractivity (Wildman–Crippen MR) is 173 cm³/mol. The van der Waals surface area contributed by atoms with E-state index < -0.39 is 6.29 Å². The van der Waals surface area contributed by atoms with Crippen LogP contribution < -0.4 is 5.32 Å². The third-order valence-corrected chi connectivity index (χ3v) is 9.53. The third-order valence-electron chi connectivity index (χ3n) is 7.42. The van der Waals surface area contributed by atoms with E-state index >= 15 is 0 Å². The molecule has 1 fully saturated rings. The number of amides is 1. The normalized spacial score (nSPS) is 18.2. The van der Waals surface area contributed by atoms with Crippen molar-refractivity contribution in [2.75, 3.05) is 5.75 Å². The van der Waals surface area contributed by atoms with Gasteiger partial charge in [0, 0.05) is 29.8 Å². The number of nitrogens with zero attached hydrogens (tertiary/aromatic N) is 2. The van der Waals surface area contributed by atoms with Crippen LogP contribution in [0.25, 0.3) is 11.1 Å². The number of carbonyl (C=O) groups is 1. The zero-order valence-corrected chi connectivity index (χ0v) is 25.9. The van der Waals surface area contributed by atoms with Crippen LogP contribution in [0.3, 0.4) is 0 Å². The van der Waals surface area contributed by atoms with Gasteiger partial charge in [0.15, 0.2) is 10.6 Å². The third kappa shape index (κ3) is 7.61. The second-order valence-corrected chi connectivity index (χ2v) is 13.1. The Morgan fingerprint density at radius 2 is 1.66 bits per heavy atom. The quantitative estimate of drug-likeness (QED) is 0.158. The molecule has 1 aliphatic rings.